The van der Waals surface area contributed by atoms with E-state index in [1.165, 1.54) is 19.3 Å². The van der Waals surface area contributed by atoms with E-state index in [1.54, 1.807) is 0 Å². The molecule has 0 bridgehead atoms. The lowest BCUT2D eigenvalue weighted by Crippen LogP contribution is -2.43. The van der Waals surface area contributed by atoms with Crippen molar-refractivity contribution in [2.24, 2.45) is 5.92 Å². The number of benzene rings is 1. The summed E-state index contributed by atoms with van der Waals surface area (Å²) in [7, 11) is 0. The maximum Gasteiger partial charge on any atom is 0.319 e. The SMILES string of the molecule is Cc1noc(-c2ccccc2)c1NC(=O)N[C@H]1CCCC[C@@H]1C. The second-order valence-electron chi connectivity index (χ2n) is 6.30. The zero-order chi connectivity index (χ0) is 16.2. The number of nitrogens with one attached hydrogen (secondary N) is 2. The van der Waals surface area contributed by atoms with E-state index in [2.05, 4.69) is 22.7 Å². The van der Waals surface area contributed by atoms with Crippen LogP contribution in [0.2, 0.25) is 0 Å². The highest BCUT2D eigenvalue weighted by Crippen LogP contribution is 2.31. The molecule has 1 aliphatic carbocycles. The molecule has 0 aliphatic heterocycles. The van der Waals surface area contributed by atoms with E-state index in [0.717, 1.165) is 12.0 Å². The van der Waals surface area contributed by atoms with E-state index >= 15 is 0 Å². The first kappa shape index (κ1) is 15.6. The van der Waals surface area contributed by atoms with Gasteiger partial charge in [0.15, 0.2) is 5.76 Å². The maximum absolute atomic E-state index is 12.4. The first-order valence-electron chi connectivity index (χ1n) is 8.24. The van der Waals surface area contributed by atoms with Crippen LogP contribution in [0.4, 0.5) is 10.5 Å². The third kappa shape index (κ3) is 3.55. The molecule has 1 fully saturated rings. The number of urea groups is 1. The molecule has 1 saturated carbocycles. The van der Waals surface area contributed by atoms with Gasteiger partial charge in [-0.3, -0.25) is 0 Å². The van der Waals surface area contributed by atoms with Crippen LogP contribution >= 0.6 is 0 Å². The lowest BCUT2D eigenvalue weighted by atomic mass is 9.86. The fourth-order valence-corrected chi connectivity index (χ4v) is 3.15. The predicted molar refractivity (Wildman–Crippen MR) is 90.3 cm³/mol. The van der Waals surface area contributed by atoms with E-state index in [9.17, 15) is 4.79 Å². The fourth-order valence-electron chi connectivity index (χ4n) is 3.15. The molecule has 5 heteroatoms. The van der Waals surface area contributed by atoms with Gasteiger partial charge in [0.1, 0.15) is 11.4 Å². The van der Waals surface area contributed by atoms with Crippen LogP contribution in [0.5, 0.6) is 0 Å². The Morgan fingerprint density at radius 2 is 1.96 bits per heavy atom. The summed E-state index contributed by atoms with van der Waals surface area (Å²) in [5.41, 5.74) is 2.21. The molecule has 0 saturated heterocycles. The first-order chi connectivity index (χ1) is 11.1. The third-order valence-corrected chi connectivity index (χ3v) is 4.57. The number of carbonyl (C=O) groups is 1. The summed E-state index contributed by atoms with van der Waals surface area (Å²) in [5, 5.41) is 10.0. The van der Waals surface area contributed by atoms with Crippen LogP contribution in [0, 0.1) is 12.8 Å². The number of rotatable bonds is 3. The summed E-state index contributed by atoms with van der Waals surface area (Å²) in [6.45, 7) is 4.03. The summed E-state index contributed by atoms with van der Waals surface area (Å²) >= 11 is 0. The Bertz CT molecular complexity index is 666. The molecule has 5 nitrogen and oxygen atoms in total. The van der Waals surface area contributed by atoms with Crippen LogP contribution in [-0.4, -0.2) is 17.2 Å². The standard InChI is InChI=1S/C18H23N3O2/c1-12-8-6-7-11-15(12)19-18(22)20-16-13(2)21-23-17(16)14-9-4-3-5-10-14/h3-5,9-10,12,15H,6-8,11H2,1-2H3,(H2,19,20,22)/t12-,15-/m0/s1. The van der Waals surface area contributed by atoms with Crippen molar-refractivity contribution in [2.45, 2.75) is 45.6 Å². The Balaban J connectivity index is 1.73. The minimum absolute atomic E-state index is 0.188. The summed E-state index contributed by atoms with van der Waals surface area (Å²) in [6.07, 6.45) is 4.65. The van der Waals surface area contributed by atoms with Gasteiger partial charge in [-0.05, 0) is 25.7 Å². The quantitative estimate of drug-likeness (QED) is 0.885. The van der Waals surface area contributed by atoms with Gasteiger partial charge in [-0.25, -0.2) is 4.79 Å². The third-order valence-electron chi connectivity index (χ3n) is 4.57. The van der Waals surface area contributed by atoms with Gasteiger partial charge in [-0.1, -0.05) is 55.3 Å². The number of carbonyl (C=O) groups excluding carboxylic acids is 1. The molecule has 1 aliphatic rings. The van der Waals surface area contributed by atoms with E-state index in [0.29, 0.717) is 23.1 Å². The van der Waals surface area contributed by atoms with Crippen molar-refractivity contribution in [3.63, 3.8) is 0 Å². The molecule has 2 amide bonds. The van der Waals surface area contributed by atoms with Crippen LogP contribution < -0.4 is 10.6 Å². The number of nitrogens with zero attached hydrogens (tertiary/aromatic N) is 1. The van der Waals surface area contributed by atoms with Crippen molar-refractivity contribution in [3.05, 3.63) is 36.0 Å². The minimum atomic E-state index is -0.188. The Labute approximate surface area is 136 Å². The highest BCUT2D eigenvalue weighted by Gasteiger charge is 2.24. The van der Waals surface area contributed by atoms with Crippen molar-refractivity contribution in [3.8, 4) is 11.3 Å². The van der Waals surface area contributed by atoms with Crippen LogP contribution in [0.15, 0.2) is 34.9 Å². The van der Waals surface area contributed by atoms with Gasteiger partial charge in [-0.15, -0.1) is 0 Å². The first-order valence-corrected chi connectivity index (χ1v) is 8.24. The molecule has 2 aromatic rings. The molecule has 1 aromatic carbocycles. The van der Waals surface area contributed by atoms with Gasteiger partial charge in [0.2, 0.25) is 0 Å². The summed E-state index contributed by atoms with van der Waals surface area (Å²) < 4.78 is 5.40. The molecule has 2 atom stereocenters. The van der Waals surface area contributed by atoms with Gasteiger partial charge in [0, 0.05) is 11.6 Å². The second kappa shape index (κ2) is 6.86. The van der Waals surface area contributed by atoms with Crippen molar-refractivity contribution < 1.29 is 9.32 Å². The molecule has 3 rings (SSSR count). The van der Waals surface area contributed by atoms with Crippen LogP contribution in [0.3, 0.4) is 0 Å². The predicted octanol–water partition coefficient (Wildman–Crippen LogP) is 4.35. The minimum Gasteiger partial charge on any atom is -0.354 e. The highest BCUT2D eigenvalue weighted by atomic mass is 16.5. The van der Waals surface area contributed by atoms with Crippen molar-refractivity contribution in [1.82, 2.24) is 10.5 Å². The van der Waals surface area contributed by atoms with Crippen molar-refractivity contribution in [2.75, 3.05) is 5.32 Å². The van der Waals surface area contributed by atoms with Crippen molar-refractivity contribution in [1.29, 1.82) is 0 Å². The molecular formula is C18H23N3O2. The van der Waals surface area contributed by atoms with Crippen molar-refractivity contribution >= 4 is 11.7 Å². The van der Waals surface area contributed by atoms with Gasteiger partial charge in [0.25, 0.3) is 0 Å². The number of aryl methyl sites for hydroxylation is 1. The second-order valence-corrected chi connectivity index (χ2v) is 6.30. The van der Waals surface area contributed by atoms with Gasteiger partial charge < -0.3 is 15.2 Å². The Morgan fingerprint density at radius 1 is 1.22 bits per heavy atom. The number of amides is 2. The molecule has 2 N–H and O–H groups in total. The summed E-state index contributed by atoms with van der Waals surface area (Å²) in [6, 6.07) is 9.73. The monoisotopic (exact) mass is 313 g/mol. The molecule has 122 valence electrons. The Hall–Kier alpha value is -2.30. The van der Waals surface area contributed by atoms with Gasteiger partial charge in [-0.2, -0.15) is 0 Å². The van der Waals surface area contributed by atoms with E-state index < -0.39 is 0 Å². The van der Waals surface area contributed by atoms with E-state index in [4.69, 9.17) is 4.52 Å². The average molecular weight is 313 g/mol. The summed E-state index contributed by atoms with van der Waals surface area (Å²) in [5.74, 6) is 1.11. The topological polar surface area (TPSA) is 67.2 Å². The molecule has 0 spiro atoms. The van der Waals surface area contributed by atoms with Gasteiger partial charge in [0.05, 0.1) is 0 Å². The lowest BCUT2D eigenvalue weighted by molar-refractivity contribution is 0.232. The zero-order valence-corrected chi connectivity index (χ0v) is 13.6. The fraction of sp³-hybridized carbons (Fsp3) is 0.444. The number of aromatic nitrogens is 1. The Kier molecular flexibility index (Phi) is 4.65. The van der Waals surface area contributed by atoms with Crippen LogP contribution in [-0.2, 0) is 0 Å². The van der Waals surface area contributed by atoms with E-state index in [-0.39, 0.29) is 12.1 Å². The normalized spacial score (nSPS) is 21.0. The smallest absolute Gasteiger partial charge is 0.319 e. The van der Waals surface area contributed by atoms with E-state index in [1.807, 2.05) is 37.3 Å². The molecule has 1 aromatic heterocycles. The van der Waals surface area contributed by atoms with Gasteiger partial charge >= 0.3 is 6.03 Å². The van der Waals surface area contributed by atoms with Crippen LogP contribution in [0.1, 0.15) is 38.3 Å². The molecule has 0 unspecified atom stereocenters. The zero-order valence-electron chi connectivity index (χ0n) is 13.6. The number of hydrogen-bond acceptors (Lipinski definition) is 3. The molecule has 23 heavy (non-hydrogen) atoms. The molecular weight excluding hydrogens is 290 g/mol. The maximum atomic E-state index is 12.4. The number of anilines is 1. The highest BCUT2D eigenvalue weighted by molar-refractivity contribution is 5.94. The summed E-state index contributed by atoms with van der Waals surface area (Å²) in [4.78, 5) is 12.4. The molecule has 0 radical (unpaired) electrons. The largest absolute Gasteiger partial charge is 0.354 e. The molecule has 1 heterocycles. The lowest BCUT2D eigenvalue weighted by Gasteiger charge is -2.29. The Morgan fingerprint density at radius 3 is 2.70 bits per heavy atom. The number of hydrogen-bond donors (Lipinski definition) is 2. The van der Waals surface area contributed by atoms with Crippen LogP contribution in [0.25, 0.3) is 11.3 Å². The average Bonchev–Trinajstić information content (AvgIpc) is 2.91.